The summed E-state index contributed by atoms with van der Waals surface area (Å²) >= 11 is 3.62. The molecule has 19 heavy (non-hydrogen) atoms. The van der Waals surface area contributed by atoms with E-state index >= 15 is 0 Å². The van der Waals surface area contributed by atoms with E-state index in [0.717, 1.165) is 0 Å². The molecule has 2 N–H and O–H groups in total. The van der Waals surface area contributed by atoms with Crippen LogP contribution in [0.5, 0.6) is 0 Å². The van der Waals surface area contributed by atoms with Crippen LogP contribution in [-0.4, -0.2) is 54.7 Å². The van der Waals surface area contributed by atoms with Crippen LogP contribution in [0.25, 0.3) is 11.2 Å². The molecule has 2 aromatic heterocycles. The molecule has 3 rings (SSSR count). The normalized spacial score (nSPS) is 31.1. The van der Waals surface area contributed by atoms with Gasteiger partial charge in [-0.25, -0.2) is 15.0 Å². The third-order valence-electron chi connectivity index (χ3n) is 3.09. The number of rotatable bonds is 3. The highest BCUT2D eigenvalue weighted by molar-refractivity contribution is 7.75. The first-order valence-electron chi connectivity index (χ1n) is 5.63. The van der Waals surface area contributed by atoms with Crippen LogP contribution in [0.4, 0.5) is 0 Å². The van der Waals surface area contributed by atoms with Gasteiger partial charge in [-0.15, -0.1) is 0 Å². The van der Waals surface area contributed by atoms with Crippen LogP contribution in [0.1, 0.15) is 6.23 Å². The second-order valence-corrected chi connectivity index (χ2v) is 4.48. The van der Waals surface area contributed by atoms with Gasteiger partial charge in [-0.2, -0.15) is 0 Å². The average Bonchev–Trinajstić information content (AvgIpc) is 2.96. The van der Waals surface area contributed by atoms with Gasteiger partial charge in [-0.1, -0.05) is 0 Å². The van der Waals surface area contributed by atoms with Crippen LogP contribution in [0.3, 0.4) is 0 Å². The lowest BCUT2D eigenvalue weighted by atomic mass is 10.1. The summed E-state index contributed by atoms with van der Waals surface area (Å²) in [5, 5.41) is 19.9. The van der Waals surface area contributed by atoms with Gasteiger partial charge < -0.3 is 19.1 Å². The molecule has 102 valence electrons. The van der Waals surface area contributed by atoms with E-state index in [1.165, 1.54) is 12.7 Å². The van der Waals surface area contributed by atoms with Gasteiger partial charge in [-0.05, 0) is 12.9 Å². The van der Waals surface area contributed by atoms with Crippen molar-refractivity contribution in [1.82, 2.24) is 19.5 Å². The van der Waals surface area contributed by atoms with Crippen molar-refractivity contribution in [3.05, 3.63) is 18.9 Å². The maximum atomic E-state index is 10.0. The molecule has 1 aliphatic rings. The zero-order chi connectivity index (χ0) is 13.4. The lowest BCUT2D eigenvalue weighted by Crippen LogP contribution is -2.33. The first-order valence-corrected chi connectivity index (χ1v) is 5.99. The van der Waals surface area contributed by atoms with E-state index in [0.29, 0.717) is 11.2 Å². The third-order valence-corrected chi connectivity index (χ3v) is 3.24. The van der Waals surface area contributed by atoms with Gasteiger partial charge in [-0.3, -0.25) is 4.57 Å². The minimum absolute atomic E-state index is 0.0689. The molecule has 0 aliphatic carbocycles. The van der Waals surface area contributed by atoms with Gasteiger partial charge in [0.2, 0.25) is 0 Å². The maximum absolute atomic E-state index is 10.0. The standard InChI is InChI=1S/C10H12N4O4S/c15-7-6(2-17-19)18-10(8(7)16)14-4-13-5-1-11-3-12-9(5)14/h1,3-4,6-8,10,15-16,19H,2H2/t6-,7-,8-,10-/m1/s1. The Morgan fingerprint density at radius 3 is 3.00 bits per heavy atom. The van der Waals surface area contributed by atoms with Crippen LogP contribution in [0, 0.1) is 0 Å². The number of nitrogens with zero attached hydrogens (tertiary/aromatic N) is 4. The number of imidazole rings is 1. The zero-order valence-corrected chi connectivity index (χ0v) is 10.6. The largest absolute Gasteiger partial charge is 0.387 e. The lowest BCUT2D eigenvalue weighted by molar-refractivity contribution is -0.0451. The van der Waals surface area contributed by atoms with Crippen molar-refractivity contribution < 1.29 is 19.1 Å². The summed E-state index contributed by atoms with van der Waals surface area (Å²) < 4.78 is 11.8. The molecule has 9 heteroatoms. The van der Waals surface area contributed by atoms with Gasteiger partial charge in [0.15, 0.2) is 11.9 Å². The fourth-order valence-electron chi connectivity index (χ4n) is 2.14. The van der Waals surface area contributed by atoms with Gasteiger partial charge in [0, 0.05) is 0 Å². The van der Waals surface area contributed by atoms with Crippen molar-refractivity contribution >= 4 is 24.1 Å². The van der Waals surface area contributed by atoms with E-state index in [9.17, 15) is 10.2 Å². The second-order valence-electron chi connectivity index (χ2n) is 4.23. The summed E-state index contributed by atoms with van der Waals surface area (Å²) in [5.74, 6) is 0. The van der Waals surface area contributed by atoms with Crippen molar-refractivity contribution in [3.63, 3.8) is 0 Å². The Morgan fingerprint density at radius 1 is 1.37 bits per heavy atom. The van der Waals surface area contributed by atoms with Gasteiger partial charge in [0.25, 0.3) is 0 Å². The predicted octanol–water partition coefficient (Wildman–Crippen LogP) is -0.693. The van der Waals surface area contributed by atoms with Crippen LogP contribution in [-0.2, 0) is 8.92 Å². The number of aliphatic hydroxyl groups excluding tert-OH is 2. The lowest BCUT2D eigenvalue weighted by Gasteiger charge is -2.16. The summed E-state index contributed by atoms with van der Waals surface area (Å²) in [5.41, 5.74) is 1.11. The molecule has 1 saturated heterocycles. The van der Waals surface area contributed by atoms with Crippen LogP contribution < -0.4 is 0 Å². The first-order chi connectivity index (χ1) is 9.22. The zero-order valence-electron chi connectivity index (χ0n) is 9.70. The Bertz CT molecular complexity index is 579. The highest BCUT2D eigenvalue weighted by Crippen LogP contribution is 2.31. The molecule has 0 unspecified atom stereocenters. The Hall–Kier alpha value is -1.26. The van der Waals surface area contributed by atoms with E-state index < -0.39 is 24.5 Å². The summed E-state index contributed by atoms with van der Waals surface area (Å²) in [6.07, 6.45) is 0.846. The average molecular weight is 284 g/mol. The Morgan fingerprint density at radius 2 is 2.21 bits per heavy atom. The van der Waals surface area contributed by atoms with Crippen LogP contribution >= 0.6 is 12.9 Å². The van der Waals surface area contributed by atoms with Gasteiger partial charge in [0.1, 0.15) is 30.2 Å². The molecule has 1 aliphatic heterocycles. The topological polar surface area (TPSA) is 103 Å². The van der Waals surface area contributed by atoms with Gasteiger partial charge >= 0.3 is 0 Å². The third kappa shape index (κ3) is 2.09. The maximum Gasteiger partial charge on any atom is 0.165 e. The number of aliphatic hydroxyl groups is 2. The molecule has 0 saturated carbocycles. The molecule has 2 aromatic rings. The first kappa shape index (κ1) is 12.8. The Labute approximate surface area is 113 Å². The van der Waals surface area contributed by atoms with Crippen LogP contribution in [0.2, 0.25) is 0 Å². The van der Waals surface area contributed by atoms with E-state index in [4.69, 9.17) is 4.74 Å². The summed E-state index contributed by atoms with van der Waals surface area (Å²) in [6, 6.07) is 0. The van der Waals surface area contributed by atoms with Crippen LogP contribution in [0.15, 0.2) is 18.9 Å². The molecular formula is C10H12N4O4S. The van der Waals surface area contributed by atoms with Crippen molar-refractivity contribution in [2.75, 3.05) is 6.61 Å². The molecular weight excluding hydrogens is 272 g/mol. The number of fused-ring (bicyclic) bond motifs is 1. The van der Waals surface area contributed by atoms with Crippen molar-refractivity contribution in [2.45, 2.75) is 24.5 Å². The second kappa shape index (κ2) is 5.02. The fourth-order valence-corrected chi connectivity index (χ4v) is 2.29. The number of ether oxygens (including phenoxy) is 1. The molecule has 0 aromatic carbocycles. The molecule has 8 nitrogen and oxygen atoms in total. The smallest absolute Gasteiger partial charge is 0.165 e. The van der Waals surface area contributed by atoms with E-state index in [1.807, 2.05) is 0 Å². The van der Waals surface area contributed by atoms with E-state index in [-0.39, 0.29) is 6.61 Å². The highest BCUT2D eigenvalue weighted by Gasteiger charge is 2.44. The quantitative estimate of drug-likeness (QED) is 0.506. The van der Waals surface area contributed by atoms with Crippen molar-refractivity contribution in [3.8, 4) is 0 Å². The van der Waals surface area contributed by atoms with Crippen molar-refractivity contribution in [2.24, 2.45) is 0 Å². The fraction of sp³-hybridized carbons (Fsp3) is 0.500. The minimum atomic E-state index is -1.10. The minimum Gasteiger partial charge on any atom is -0.387 e. The SMILES string of the molecule is O[C@@H]1[C@H](O)[C@@H](COS)O[C@H]1n1cnc2cncnc21. The molecule has 3 heterocycles. The summed E-state index contributed by atoms with van der Waals surface area (Å²) in [6.45, 7) is 0.0689. The van der Waals surface area contributed by atoms with E-state index in [2.05, 4.69) is 32.0 Å². The van der Waals surface area contributed by atoms with Gasteiger partial charge in [0.05, 0.1) is 19.1 Å². The molecule has 1 fully saturated rings. The molecule has 0 radical (unpaired) electrons. The number of thiol groups is 1. The molecule has 0 spiro atoms. The highest BCUT2D eigenvalue weighted by atomic mass is 32.1. The molecule has 4 atom stereocenters. The molecule has 0 amide bonds. The summed E-state index contributed by atoms with van der Waals surface area (Å²) in [7, 11) is 0. The predicted molar refractivity (Wildman–Crippen MR) is 66.2 cm³/mol. The Balaban J connectivity index is 1.94. The summed E-state index contributed by atoms with van der Waals surface area (Å²) in [4.78, 5) is 12.1. The van der Waals surface area contributed by atoms with Crippen molar-refractivity contribution in [1.29, 1.82) is 0 Å². The monoisotopic (exact) mass is 284 g/mol. The number of hydrogen-bond acceptors (Lipinski definition) is 8. The number of hydrogen-bond donors (Lipinski definition) is 3. The number of aromatic nitrogens is 4. The molecule has 0 bridgehead atoms. The van der Waals surface area contributed by atoms with E-state index in [1.54, 1.807) is 10.8 Å². The Kier molecular flexibility index (Phi) is 3.37.